The highest BCUT2D eigenvalue weighted by molar-refractivity contribution is 6.03. The Hall–Kier alpha value is -4.66. The Morgan fingerprint density at radius 3 is 2.31 bits per heavy atom. The molecule has 0 spiro atoms. The number of carbonyl (C=O) groups is 1. The molecule has 0 unspecified atom stereocenters. The third-order valence-electron chi connectivity index (χ3n) is 5.51. The van der Waals surface area contributed by atoms with E-state index in [1.54, 1.807) is 0 Å². The van der Waals surface area contributed by atoms with Gasteiger partial charge in [0.15, 0.2) is 0 Å². The van der Waals surface area contributed by atoms with Crippen LogP contribution in [0.2, 0.25) is 0 Å². The van der Waals surface area contributed by atoms with Crippen molar-refractivity contribution in [3.8, 4) is 34.8 Å². The highest BCUT2D eigenvalue weighted by Gasteiger charge is 2.19. The highest BCUT2D eigenvalue weighted by Crippen LogP contribution is 2.40. The molecule has 1 amide bonds. The van der Waals surface area contributed by atoms with E-state index in [2.05, 4.69) is 57.1 Å². The molecule has 7 nitrogen and oxygen atoms in total. The molecule has 1 aliphatic carbocycles. The molecule has 1 heterocycles. The highest BCUT2D eigenvalue weighted by atomic mass is 16.3. The smallest absolute Gasteiger partial charge is 0.373 e. The van der Waals surface area contributed by atoms with Gasteiger partial charge in [-0.2, -0.15) is 9.59 Å². The molecule has 4 rings (SSSR count). The van der Waals surface area contributed by atoms with Gasteiger partial charge in [0.2, 0.25) is 5.36 Å². The predicted molar refractivity (Wildman–Crippen MR) is 136 cm³/mol. The van der Waals surface area contributed by atoms with Crippen molar-refractivity contribution < 1.29 is 18.8 Å². The molecule has 1 N–H and O–H groups in total. The number of amides is 1. The van der Waals surface area contributed by atoms with Crippen LogP contribution >= 0.6 is 0 Å². The maximum atomic E-state index is 12.2. The minimum absolute atomic E-state index is 0.182. The van der Waals surface area contributed by atoms with Crippen molar-refractivity contribution in [3.63, 3.8) is 0 Å². The van der Waals surface area contributed by atoms with Crippen LogP contribution in [0.5, 0.6) is 0 Å². The number of rotatable bonds is 4. The Morgan fingerprint density at radius 1 is 1.03 bits per heavy atom. The van der Waals surface area contributed by atoms with Crippen LogP contribution in [-0.4, -0.2) is 46.8 Å². The quantitative estimate of drug-likeness (QED) is 0.283. The first-order valence-corrected chi connectivity index (χ1v) is 10.8. The van der Waals surface area contributed by atoms with E-state index < -0.39 is 0 Å². The Labute approximate surface area is 203 Å². The Bertz CT molecular complexity index is 1480. The van der Waals surface area contributed by atoms with Crippen molar-refractivity contribution in [2.75, 3.05) is 39.6 Å². The van der Waals surface area contributed by atoms with Gasteiger partial charge in [-0.15, -0.1) is 6.42 Å². The van der Waals surface area contributed by atoms with Gasteiger partial charge < -0.3 is 14.6 Å². The van der Waals surface area contributed by atoms with E-state index in [1.807, 2.05) is 52.5 Å². The first-order chi connectivity index (χ1) is 16.8. The van der Waals surface area contributed by atoms with Gasteiger partial charge in [-0.1, -0.05) is 18.1 Å². The average Bonchev–Trinajstić information content (AvgIpc) is 2.85. The maximum absolute atomic E-state index is 12.2. The topological polar surface area (TPSA) is 82.6 Å². The van der Waals surface area contributed by atoms with Gasteiger partial charge in [0.05, 0.1) is 12.6 Å². The van der Waals surface area contributed by atoms with Crippen molar-refractivity contribution in [3.05, 3.63) is 71.6 Å². The number of hydrogen-bond donors (Lipinski definition) is 1. The van der Waals surface area contributed by atoms with Crippen LogP contribution in [0.25, 0.3) is 33.4 Å². The van der Waals surface area contributed by atoms with Crippen molar-refractivity contribution >= 4 is 28.7 Å². The monoisotopic (exact) mass is 468 g/mol. The third-order valence-corrected chi connectivity index (χ3v) is 5.51. The van der Waals surface area contributed by atoms with Crippen LogP contribution in [0, 0.1) is 12.3 Å². The first-order valence-electron chi connectivity index (χ1n) is 10.8. The lowest BCUT2D eigenvalue weighted by molar-refractivity contribution is -0.191. The number of carbonyl (C=O) groups excluding carboxylic acids is 3. The fourth-order valence-electron chi connectivity index (χ4n) is 3.76. The third kappa shape index (κ3) is 5.47. The van der Waals surface area contributed by atoms with Crippen LogP contribution in [0.1, 0.15) is 10.4 Å². The molecular weight excluding hydrogens is 442 g/mol. The van der Waals surface area contributed by atoms with Gasteiger partial charge in [0.25, 0.3) is 5.91 Å². The van der Waals surface area contributed by atoms with E-state index in [0.29, 0.717) is 5.56 Å². The molecule has 35 heavy (non-hydrogen) atoms. The summed E-state index contributed by atoms with van der Waals surface area (Å²) in [5.41, 5.74) is 5.56. The SMILES string of the molecule is C#CCNC(=O)c1ccc(-c2c3ccc(=[N+](C)C)cc-3oc3cc(N(C)C)ccc23)cc1.O=C=O. The number of nitrogens with zero attached hydrogens (tertiary/aromatic N) is 2. The van der Waals surface area contributed by atoms with Crippen molar-refractivity contribution in [1.82, 2.24) is 9.89 Å². The molecule has 0 bridgehead atoms. The Morgan fingerprint density at radius 2 is 1.71 bits per heavy atom. The Balaban J connectivity index is 0.00000108. The van der Waals surface area contributed by atoms with Crippen LogP contribution in [0.4, 0.5) is 5.69 Å². The number of terminal acetylenes is 1. The molecule has 7 heteroatoms. The van der Waals surface area contributed by atoms with E-state index in [9.17, 15) is 4.79 Å². The second-order valence-corrected chi connectivity index (χ2v) is 8.17. The summed E-state index contributed by atoms with van der Waals surface area (Å²) in [6.45, 7) is 0.207. The van der Waals surface area contributed by atoms with Gasteiger partial charge in [-0.25, -0.2) is 4.58 Å². The lowest BCUT2D eigenvalue weighted by Gasteiger charge is -2.18. The second-order valence-electron chi connectivity index (χ2n) is 8.17. The van der Waals surface area contributed by atoms with Crippen LogP contribution < -0.4 is 20.1 Å². The summed E-state index contributed by atoms with van der Waals surface area (Å²) >= 11 is 0. The standard InChI is InChI=1S/C27H25N3O2.CO2/c1-6-15-28-27(31)19-9-7-18(8-10-19)26-22-13-11-20(29(2)3)16-24(22)32-25-17-21(30(4)5)12-14-23(25)26;2-1-3/h1,7-14,16-17H,15H2,2-5H3;/p+1. The zero-order valence-electron chi connectivity index (χ0n) is 20.1. The molecule has 2 aliphatic rings. The summed E-state index contributed by atoms with van der Waals surface area (Å²) in [5, 5.41) is 4.79. The summed E-state index contributed by atoms with van der Waals surface area (Å²) in [6, 6.07) is 20.1. The lowest BCUT2D eigenvalue weighted by atomic mass is 9.93. The van der Waals surface area contributed by atoms with E-state index in [0.717, 1.165) is 44.5 Å². The molecule has 0 aromatic heterocycles. The summed E-state index contributed by atoms with van der Waals surface area (Å²) in [6.07, 6.45) is 5.49. The maximum Gasteiger partial charge on any atom is 0.373 e. The van der Waals surface area contributed by atoms with E-state index in [1.165, 1.54) is 0 Å². The Kier molecular flexibility index (Phi) is 7.83. The van der Waals surface area contributed by atoms with E-state index >= 15 is 0 Å². The fraction of sp³-hybridized carbons (Fsp3) is 0.179. The molecule has 2 aromatic carbocycles. The summed E-state index contributed by atoms with van der Waals surface area (Å²) in [4.78, 5) is 30.6. The second kappa shape index (κ2) is 11.0. The average molecular weight is 469 g/mol. The number of hydrogen-bond acceptors (Lipinski definition) is 5. The van der Waals surface area contributed by atoms with E-state index in [-0.39, 0.29) is 18.6 Å². The number of benzene rings is 3. The summed E-state index contributed by atoms with van der Waals surface area (Å²) in [5.74, 6) is 3.05. The molecule has 1 aliphatic heterocycles. The van der Waals surface area contributed by atoms with Crippen molar-refractivity contribution in [2.45, 2.75) is 0 Å². The predicted octanol–water partition coefficient (Wildman–Crippen LogP) is 3.08. The molecule has 0 saturated carbocycles. The van der Waals surface area contributed by atoms with Crippen molar-refractivity contribution in [2.24, 2.45) is 0 Å². The number of fused-ring (bicyclic) bond motifs is 2. The molecule has 0 atom stereocenters. The zero-order valence-corrected chi connectivity index (χ0v) is 20.1. The minimum atomic E-state index is -0.182. The van der Waals surface area contributed by atoms with Crippen LogP contribution in [0.3, 0.4) is 0 Å². The van der Waals surface area contributed by atoms with Crippen LogP contribution in [-0.2, 0) is 9.59 Å². The van der Waals surface area contributed by atoms with Gasteiger partial charge in [0, 0.05) is 54.0 Å². The van der Waals surface area contributed by atoms with Gasteiger partial charge in [0.1, 0.15) is 25.4 Å². The zero-order chi connectivity index (χ0) is 25.5. The molecule has 0 radical (unpaired) electrons. The fourth-order valence-corrected chi connectivity index (χ4v) is 3.76. The first kappa shape index (κ1) is 25.0. The molecule has 2 aromatic rings. The largest absolute Gasteiger partial charge is 0.456 e. The number of anilines is 1. The van der Waals surface area contributed by atoms with Gasteiger partial charge >= 0.3 is 6.15 Å². The van der Waals surface area contributed by atoms with E-state index in [4.69, 9.17) is 20.4 Å². The summed E-state index contributed by atoms with van der Waals surface area (Å²) < 4.78 is 8.41. The lowest BCUT2D eigenvalue weighted by Crippen LogP contribution is -2.23. The molecule has 0 saturated heterocycles. The number of nitrogens with one attached hydrogen (secondary N) is 1. The molecular formula is C28H26N3O4+. The normalized spacial score (nSPS) is 10.0. The molecule has 0 fully saturated rings. The summed E-state index contributed by atoms with van der Waals surface area (Å²) in [7, 11) is 8.04. The van der Waals surface area contributed by atoms with Gasteiger partial charge in [-0.3, -0.25) is 4.79 Å². The molecule has 176 valence electrons. The van der Waals surface area contributed by atoms with Crippen molar-refractivity contribution in [1.29, 1.82) is 0 Å². The van der Waals surface area contributed by atoms with Crippen LogP contribution in [0.15, 0.2) is 65.1 Å². The minimum Gasteiger partial charge on any atom is -0.456 e. The van der Waals surface area contributed by atoms with Gasteiger partial charge in [-0.05, 0) is 35.9 Å².